The third-order valence-corrected chi connectivity index (χ3v) is 3.30. The zero-order chi connectivity index (χ0) is 15.8. The van der Waals surface area contributed by atoms with Gasteiger partial charge in [0.25, 0.3) is 0 Å². The second kappa shape index (κ2) is 8.87. The second-order valence-corrected chi connectivity index (χ2v) is 6.44. The van der Waals surface area contributed by atoms with Crippen LogP contribution in [0.4, 0.5) is 4.79 Å². The molecule has 0 radical (unpaired) electrons. The third kappa shape index (κ3) is 7.32. The van der Waals surface area contributed by atoms with Gasteiger partial charge < -0.3 is 20.3 Å². The maximum atomic E-state index is 11.7. The molecular formula is C15H29N3O3. The van der Waals surface area contributed by atoms with E-state index in [2.05, 4.69) is 38.3 Å². The number of rotatable bonds is 7. The lowest BCUT2D eigenvalue weighted by atomic mass is 10.1. The van der Waals surface area contributed by atoms with Crippen LogP contribution in [0, 0.1) is 11.8 Å². The zero-order valence-corrected chi connectivity index (χ0v) is 13.6. The normalized spacial score (nSPS) is 19.2. The van der Waals surface area contributed by atoms with Gasteiger partial charge in [0.15, 0.2) is 0 Å². The Bertz CT molecular complexity index is 345. The molecule has 1 aliphatic heterocycles. The van der Waals surface area contributed by atoms with Crippen LogP contribution in [0.1, 0.15) is 34.1 Å². The van der Waals surface area contributed by atoms with E-state index < -0.39 is 0 Å². The molecule has 0 aromatic heterocycles. The zero-order valence-electron chi connectivity index (χ0n) is 13.6. The minimum atomic E-state index is -0.174. The minimum Gasteiger partial charge on any atom is -0.365 e. The number of amides is 3. The van der Waals surface area contributed by atoms with E-state index in [4.69, 9.17) is 4.74 Å². The van der Waals surface area contributed by atoms with Gasteiger partial charge in [-0.1, -0.05) is 27.7 Å². The number of hydrogen-bond donors (Lipinski definition) is 2. The van der Waals surface area contributed by atoms with Crippen molar-refractivity contribution in [3.8, 4) is 0 Å². The number of nitrogens with zero attached hydrogens (tertiary/aromatic N) is 1. The molecule has 0 aromatic rings. The Morgan fingerprint density at radius 3 is 2.62 bits per heavy atom. The van der Waals surface area contributed by atoms with E-state index in [0.29, 0.717) is 31.5 Å². The minimum absolute atomic E-state index is 0.0290. The van der Waals surface area contributed by atoms with Crippen molar-refractivity contribution in [2.75, 3.05) is 32.8 Å². The van der Waals surface area contributed by atoms with Crippen LogP contribution in [-0.4, -0.2) is 55.7 Å². The SMILES string of the molecule is CC(C)CCNC(=O)NCC1CN(CC(C)C)C(=O)CO1. The number of ether oxygens (including phenoxy) is 1. The van der Waals surface area contributed by atoms with E-state index in [1.165, 1.54) is 0 Å². The molecule has 0 aromatic carbocycles. The first-order chi connectivity index (χ1) is 9.88. The molecule has 3 amide bonds. The predicted molar refractivity (Wildman–Crippen MR) is 82.0 cm³/mol. The summed E-state index contributed by atoms with van der Waals surface area (Å²) in [6.45, 7) is 10.9. The molecule has 1 saturated heterocycles. The van der Waals surface area contributed by atoms with Gasteiger partial charge in [0.05, 0.1) is 6.10 Å². The van der Waals surface area contributed by atoms with E-state index in [1.807, 2.05) is 4.90 Å². The van der Waals surface area contributed by atoms with Gasteiger partial charge in [-0.2, -0.15) is 0 Å². The number of carbonyl (C=O) groups excluding carboxylic acids is 2. The molecule has 1 fully saturated rings. The summed E-state index contributed by atoms with van der Waals surface area (Å²) in [5, 5.41) is 5.62. The molecule has 0 spiro atoms. The van der Waals surface area contributed by atoms with Crippen LogP contribution < -0.4 is 10.6 Å². The molecule has 1 heterocycles. The lowest BCUT2D eigenvalue weighted by Crippen LogP contribution is -2.52. The Labute approximate surface area is 127 Å². The Balaban J connectivity index is 2.25. The number of urea groups is 1. The number of carbonyl (C=O) groups is 2. The molecule has 1 atom stereocenters. The molecule has 2 N–H and O–H groups in total. The van der Waals surface area contributed by atoms with Crippen molar-refractivity contribution < 1.29 is 14.3 Å². The second-order valence-electron chi connectivity index (χ2n) is 6.44. The summed E-state index contributed by atoms with van der Waals surface area (Å²) in [7, 11) is 0. The fourth-order valence-corrected chi connectivity index (χ4v) is 2.16. The summed E-state index contributed by atoms with van der Waals surface area (Å²) in [5.41, 5.74) is 0. The van der Waals surface area contributed by atoms with Crippen LogP contribution >= 0.6 is 0 Å². The van der Waals surface area contributed by atoms with Crippen molar-refractivity contribution in [3.05, 3.63) is 0 Å². The molecule has 6 heteroatoms. The highest BCUT2D eigenvalue weighted by Gasteiger charge is 2.26. The molecule has 0 saturated carbocycles. The van der Waals surface area contributed by atoms with Crippen LogP contribution in [0.15, 0.2) is 0 Å². The van der Waals surface area contributed by atoms with E-state index in [9.17, 15) is 9.59 Å². The average Bonchev–Trinajstić information content (AvgIpc) is 2.38. The molecule has 0 bridgehead atoms. The summed E-state index contributed by atoms with van der Waals surface area (Å²) in [6, 6.07) is -0.174. The number of morpholine rings is 1. The van der Waals surface area contributed by atoms with E-state index in [1.54, 1.807) is 0 Å². The summed E-state index contributed by atoms with van der Waals surface area (Å²) < 4.78 is 5.46. The van der Waals surface area contributed by atoms with Crippen molar-refractivity contribution in [2.45, 2.75) is 40.2 Å². The summed E-state index contributed by atoms with van der Waals surface area (Å²) in [4.78, 5) is 25.2. The highest BCUT2D eigenvalue weighted by Crippen LogP contribution is 2.08. The highest BCUT2D eigenvalue weighted by atomic mass is 16.5. The lowest BCUT2D eigenvalue weighted by Gasteiger charge is -2.33. The molecule has 1 rings (SSSR count). The van der Waals surface area contributed by atoms with Gasteiger partial charge in [-0.05, 0) is 18.3 Å². The third-order valence-electron chi connectivity index (χ3n) is 3.30. The van der Waals surface area contributed by atoms with Crippen LogP contribution in [0.5, 0.6) is 0 Å². The Morgan fingerprint density at radius 1 is 1.29 bits per heavy atom. The smallest absolute Gasteiger partial charge is 0.314 e. The van der Waals surface area contributed by atoms with Crippen molar-refractivity contribution in [1.82, 2.24) is 15.5 Å². The Morgan fingerprint density at radius 2 is 2.00 bits per heavy atom. The van der Waals surface area contributed by atoms with E-state index >= 15 is 0 Å². The molecule has 122 valence electrons. The topological polar surface area (TPSA) is 70.7 Å². The maximum absolute atomic E-state index is 11.7. The van der Waals surface area contributed by atoms with Crippen molar-refractivity contribution in [2.24, 2.45) is 11.8 Å². The summed E-state index contributed by atoms with van der Waals surface area (Å²) >= 11 is 0. The molecule has 6 nitrogen and oxygen atoms in total. The fraction of sp³-hybridized carbons (Fsp3) is 0.867. The van der Waals surface area contributed by atoms with E-state index in [0.717, 1.165) is 13.0 Å². The quantitative estimate of drug-likeness (QED) is 0.742. The van der Waals surface area contributed by atoms with Gasteiger partial charge in [0.2, 0.25) is 5.91 Å². The van der Waals surface area contributed by atoms with Crippen molar-refractivity contribution >= 4 is 11.9 Å². The van der Waals surface area contributed by atoms with Gasteiger partial charge >= 0.3 is 6.03 Å². The van der Waals surface area contributed by atoms with Crippen LogP contribution in [0.3, 0.4) is 0 Å². The molecular weight excluding hydrogens is 270 g/mol. The van der Waals surface area contributed by atoms with Gasteiger partial charge in [0.1, 0.15) is 6.61 Å². The Hall–Kier alpha value is -1.30. The molecule has 1 unspecified atom stereocenters. The first-order valence-corrected chi connectivity index (χ1v) is 7.79. The lowest BCUT2D eigenvalue weighted by molar-refractivity contribution is -0.149. The van der Waals surface area contributed by atoms with Crippen LogP contribution in [-0.2, 0) is 9.53 Å². The largest absolute Gasteiger partial charge is 0.365 e. The summed E-state index contributed by atoms with van der Waals surface area (Å²) in [5.74, 6) is 1.03. The average molecular weight is 299 g/mol. The van der Waals surface area contributed by atoms with Gasteiger partial charge in [0, 0.05) is 26.2 Å². The van der Waals surface area contributed by atoms with Crippen LogP contribution in [0.2, 0.25) is 0 Å². The Kier molecular flexibility index (Phi) is 7.50. The monoisotopic (exact) mass is 299 g/mol. The predicted octanol–water partition coefficient (Wildman–Crippen LogP) is 1.22. The molecule has 0 aliphatic carbocycles. The van der Waals surface area contributed by atoms with Gasteiger partial charge in [-0.25, -0.2) is 4.79 Å². The number of hydrogen-bond acceptors (Lipinski definition) is 3. The molecule has 1 aliphatic rings. The first kappa shape index (κ1) is 17.8. The highest BCUT2D eigenvalue weighted by molar-refractivity contribution is 5.78. The standard InChI is InChI=1S/C15H29N3O3/c1-11(2)5-6-16-15(20)17-7-13-9-18(8-12(3)4)14(19)10-21-13/h11-13H,5-10H2,1-4H3,(H2,16,17,20). The van der Waals surface area contributed by atoms with Gasteiger partial charge in [-0.3, -0.25) is 4.79 Å². The fourth-order valence-electron chi connectivity index (χ4n) is 2.16. The first-order valence-electron chi connectivity index (χ1n) is 7.79. The van der Waals surface area contributed by atoms with Gasteiger partial charge in [-0.15, -0.1) is 0 Å². The maximum Gasteiger partial charge on any atom is 0.314 e. The number of nitrogens with one attached hydrogen (secondary N) is 2. The van der Waals surface area contributed by atoms with Crippen molar-refractivity contribution in [3.63, 3.8) is 0 Å². The van der Waals surface area contributed by atoms with Crippen LogP contribution in [0.25, 0.3) is 0 Å². The van der Waals surface area contributed by atoms with Crippen molar-refractivity contribution in [1.29, 1.82) is 0 Å². The van der Waals surface area contributed by atoms with E-state index in [-0.39, 0.29) is 24.6 Å². The molecule has 21 heavy (non-hydrogen) atoms. The summed E-state index contributed by atoms with van der Waals surface area (Å²) in [6.07, 6.45) is 0.835.